The van der Waals surface area contributed by atoms with Crippen molar-refractivity contribution in [1.29, 1.82) is 0 Å². The van der Waals surface area contributed by atoms with Crippen LogP contribution in [0.3, 0.4) is 0 Å². The van der Waals surface area contributed by atoms with E-state index in [0.717, 1.165) is 24.3 Å². The highest BCUT2D eigenvalue weighted by molar-refractivity contribution is 6.67. The van der Waals surface area contributed by atoms with Gasteiger partial charge in [-0.3, -0.25) is 4.79 Å². The summed E-state index contributed by atoms with van der Waals surface area (Å²) < 4.78 is 5.47. The summed E-state index contributed by atoms with van der Waals surface area (Å²) in [5.41, 5.74) is 1.63. The third kappa shape index (κ3) is 1.62. The number of carbonyl (C=O) groups is 1. The molecule has 0 aromatic heterocycles. The van der Waals surface area contributed by atoms with Gasteiger partial charge in [0, 0.05) is 5.56 Å². The topological polar surface area (TPSA) is 26.3 Å². The van der Waals surface area contributed by atoms with E-state index < -0.39 is 5.24 Å². The van der Waals surface area contributed by atoms with Gasteiger partial charge in [-0.25, -0.2) is 0 Å². The zero-order valence-electron chi connectivity index (χ0n) is 7.92. The minimum Gasteiger partial charge on any atom is -0.493 e. The molecule has 2 nitrogen and oxygen atoms in total. The van der Waals surface area contributed by atoms with Crippen molar-refractivity contribution in [3.8, 4) is 5.75 Å². The molecule has 3 heteroatoms. The van der Waals surface area contributed by atoms with E-state index >= 15 is 0 Å². The van der Waals surface area contributed by atoms with E-state index in [9.17, 15) is 4.79 Å². The molecule has 0 amide bonds. The summed E-state index contributed by atoms with van der Waals surface area (Å²) in [5, 5.41) is -0.412. The molecule has 0 saturated heterocycles. The van der Waals surface area contributed by atoms with Gasteiger partial charge in [0.25, 0.3) is 5.24 Å². The van der Waals surface area contributed by atoms with Crippen molar-refractivity contribution >= 4 is 16.8 Å². The molecule has 74 valence electrons. The molecule has 1 atom stereocenters. The summed E-state index contributed by atoms with van der Waals surface area (Å²) in [4.78, 5) is 11.0. The number of carbonyl (C=O) groups excluding carboxylic acids is 1. The Kier molecular flexibility index (Phi) is 2.46. The standard InChI is InChI=1S/C11H11ClO2/c1-7-4-5-14-10-3-2-8(11(12)13)6-9(7)10/h2-3,6-7H,4-5H2,1H3. The van der Waals surface area contributed by atoms with Crippen LogP contribution in [-0.4, -0.2) is 11.8 Å². The van der Waals surface area contributed by atoms with Crippen molar-refractivity contribution in [2.24, 2.45) is 0 Å². The van der Waals surface area contributed by atoms with E-state index in [1.54, 1.807) is 6.07 Å². The van der Waals surface area contributed by atoms with Crippen molar-refractivity contribution < 1.29 is 9.53 Å². The Morgan fingerprint density at radius 2 is 2.36 bits per heavy atom. The Morgan fingerprint density at radius 1 is 1.57 bits per heavy atom. The third-order valence-corrected chi connectivity index (χ3v) is 2.79. The fraction of sp³-hybridized carbons (Fsp3) is 0.364. The van der Waals surface area contributed by atoms with Gasteiger partial charge in [0.2, 0.25) is 0 Å². The van der Waals surface area contributed by atoms with Crippen molar-refractivity contribution in [2.75, 3.05) is 6.61 Å². The predicted molar refractivity (Wildman–Crippen MR) is 55.2 cm³/mol. The molecule has 2 rings (SSSR count). The maximum Gasteiger partial charge on any atom is 0.252 e. The number of benzene rings is 1. The minimum atomic E-state index is -0.412. The Morgan fingerprint density at radius 3 is 3.07 bits per heavy atom. The number of ether oxygens (including phenoxy) is 1. The summed E-state index contributed by atoms with van der Waals surface area (Å²) in [5.74, 6) is 1.32. The molecule has 0 saturated carbocycles. The number of fused-ring (bicyclic) bond motifs is 1. The monoisotopic (exact) mass is 210 g/mol. The van der Waals surface area contributed by atoms with E-state index in [-0.39, 0.29) is 0 Å². The van der Waals surface area contributed by atoms with Gasteiger partial charge < -0.3 is 4.74 Å². The van der Waals surface area contributed by atoms with Crippen LogP contribution in [0.25, 0.3) is 0 Å². The SMILES string of the molecule is CC1CCOc2ccc(C(=O)Cl)cc21. The highest BCUT2D eigenvalue weighted by Gasteiger charge is 2.18. The van der Waals surface area contributed by atoms with Gasteiger partial charge in [-0.05, 0) is 47.7 Å². The van der Waals surface area contributed by atoms with Crippen molar-refractivity contribution in [3.05, 3.63) is 29.3 Å². The summed E-state index contributed by atoms with van der Waals surface area (Å²) in [6, 6.07) is 5.35. The minimum absolute atomic E-state index is 0.412. The van der Waals surface area contributed by atoms with Crippen LogP contribution in [0.2, 0.25) is 0 Å². The van der Waals surface area contributed by atoms with Crippen LogP contribution in [0.4, 0.5) is 0 Å². The number of halogens is 1. The quantitative estimate of drug-likeness (QED) is 0.667. The first-order valence-corrected chi connectivity index (χ1v) is 5.03. The van der Waals surface area contributed by atoms with Gasteiger partial charge >= 0.3 is 0 Å². The molecule has 1 aliphatic heterocycles. The summed E-state index contributed by atoms with van der Waals surface area (Å²) in [6.45, 7) is 2.88. The smallest absolute Gasteiger partial charge is 0.252 e. The van der Waals surface area contributed by atoms with Crippen molar-refractivity contribution in [1.82, 2.24) is 0 Å². The number of hydrogen-bond acceptors (Lipinski definition) is 2. The zero-order valence-corrected chi connectivity index (χ0v) is 8.67. The van der Waals surface area contributed by atoms with E-state index in [1.165, 1.54) is 0 Å². The predicted octanol–water partition coefficient (Wildman–Crippen LogP) is 2.95. The zero-order chi connectivity index (χ0) is 10.1. The molecule has 0 aliphatic carbocycles. The molecule has 0 spiro atoms. The molecule has 0 N–H and O–H groups in total. The fourth-order valence-corrected chi connectivity index (χ4v) is 1.81. The van der Waals surface area contributed by atoms with E-state index in [4.69, 9.17) is 16.3 Å². The second-order valence-electron chi connectivity index (χ2n) is 3.56. The molecule has 1 aromatic rings. The molecule has 14 heavy (non-hydrogen) atoms. The molecule has 0 fully saturated rings. The number of rotatable bonds is 1. The molecule has 1 aliphatic rings. The van der Waals surface area contributed by atoms with Crippen LogP contribution < -0.4 is 4.74 Å². The molecule has 0 bridgehead atoms. The second-order valence-corrected chi connectivity index (χ2v) is 3.91. The van der Waals surface area contributed by atoms with Crippen LogP contribution in [0.5, 0.6) is 5.75 Å². The first-order valence-electron chi connectivity index (χ1n) is 4.65. The van der Waals surface area contributed by atoms with E-state index in [1.807, 2.05) is 12.1 Å². The Labute approximate surface area is 87.8 Å². The molecular weight excluding hydrogens is 200 g/mol. The van der Waals surface area contributed by atoms with Gasteiger partial charge in [-0.2, -0.15) is 0 Å². The average molecular weight is 211 g/mol. The maximum atomic E-state index is 11.0. The molecule has 1 unspecified atom stereocenters. The van der Waals surface area contributed by atoms with Gasteiger partial charge in [-0.15, -0.1) is 0 Å². The Bertz CT molecular complexity index is 374. The highest BCUT2D eigenvalue weighted by atomic mass is 35.5. The first-order chi connectivity index (χ1) is 6.68. The molecular formula is C11H11ClO2. The fourth-order valence-electron chi connectivity index (χ4n) is 1.69. The summed E-state index contributed by atoms with van der Waals surface area (Å²) >= 11 is 5.41. The van der Waals surface area contributed by atoms with Crippen LogP contribution >= 0.6 is 11.6 Å². The molecule has 1 heterocycles. The van der Waals surface area contributed by atoms with E-state index in [0.29, 0.717) is 11.5 Å². The van der Waals surface area contributed by atoms with Gasteiger partial charge in [0.05, 0.1) is 6.61 Å². The largest absolute Gasteiger partial charge is 0.493 e. The van der Waals surface area contributed by atoms with Crippen LogP contribution in [0.1, 0.15) is 35.2 Å². The van der Waals surface area contributed by atoms with Crippen molar-refractivity contribution in [2.45, 2.75) is 19.3 Å². The number of hydrogen-bond donors (Lipinski definition) is 0. The lowest BCUT2D eigenvalue weighted by molar-refractivity contribution is 0.108. The van der Waals surface area contributed by atoms with Gasteiger partial charge in [-0.1, -0.05) is 6.92 Å². The normalized spacial score (nSPS) is 19.7. The van der Waals surface area contributed by atoms with E-state index in [2.05, 4.69) is 6.92 Å². The Balaban J connectivity index is 2.45. The Hall–Kier alpha value is -1.02. The second kappa shape index (κ2) is 3.62. The lowest BCUT2D eigenvalue weighted by Gasteiger charge is -2.23. The highest BCUT2D eigenvalue weighted by Crippen LogP contribution is 2.33. The maximum absolute atomic E-state index is 11.0. The van der Waals surface area contributed by atoms with Gasteiger partial charge in [0.15, 0.2) is 0 Å². The van der Waals surface area contributed by atoms with Crippen molar-refractivity contribution in [3.63, 3.8) is 0 Å². The average Bonchev–Trinajstić information content (AvgIpc) is 2.18. The van der Waals surface area contributed by atoms with Gasteiger partial charge in [0.1, 0.15) is 5.75 Å². The van der Waals surface area contributed by atoms with Crippen LogP contribution in [0, 0.1) is 0 Å². The summed E-state index contributed by atoms with van der Waals surface area (Å²) in [6.07, 6.45) is 0.993. The first kappa shape index (κ1) is 9.53. The molecule has 1 aromatic carbocycles. The molecule has 0 radical (unpaired) electrons. The van der Waals surface area contributed by atoms with Crippen LogP contribution in [0.15, 0.2) is 18.2 Å². The summed E-state index contributed by atoms with van der Waals surface area (Å²) in [7, 11) is 0. The van der Waals surface area contributed by atoms with Crippen LogP contribution in [-0.2, 0) is 0 Å². The lowest BCUT2D eigenvalue weighted by Crippen LogP contribution is -2.12. The lowest BCUT2D eigenvalue weighted by atomic mass is 9.94. The third-order valence-electron chi connectivity index (χ3n) is 2.58.